The van der Waals surface area contributed by atoms with Gasteiger partial charge in [-0.05, 0) is 33.7 Å². The number of hydrogen-bond acceptors (Lipinski definition) is 3. The van der Waals surface area contributed by atoms with Crippen LogP contribution in [0, 0.1) is 0 Å². The van der Waals surface area contributed by atoms with Gasteiger partial charge in [0.1, 0.15) is 5.82 Å². The summed E-state index contributed by atoms with van der Waals surface area (Å²) < 4.78 is 7.72. The van der Waals surface area contributed by atoms with Crippen LogP contribution in [0.2, 0.25) is 0 Å². The molecule has 0 fully saturated rings. The minimum Gasteiger partial charge on any atom is -0.379 e. The van der Waals surface area contributed by atoms with E-state index in [1.807, 2.05) is 12.4 Å². The second-order valence-corrected chi connectivity index (χ2v) is 5.26. The van der Waals surface area contributed by atoms with Gasteiger partial charge < -0.3 is 14.6 Å². The van der Waals surface area contributed by atoms with E-state index in [1.54, 1.807) is 7.11 Å². The number of nitrogens with one attached hydrogen (secondary N) is 1. The highest BCUT2D eigenvalue weighted by atomic mass is 16.5. The van der Waals surface area contributed by atoms with E-state index in [0.717, 1.165) is 31.8 Å². The number of methoxy groups -OCH3 is 1. The molecule has 0 spiro atoms. The number of rotatable bonds is 8. The zero-order valence-corrected chi connectivity index (χ0v) is 12.4. The van der Waals surface area contributed by atoms with Crippen LogP contribution in [0.4, 0.5) is 0 Å². The molecule has 4 nitrogen and oxygen atoms in total. The van der Waals surface area contributed by atoms with E-state index >= 15 is 0 Å². The molecule has 1 unspecified atom stereocenters. The molecule has 0 amide bonds. The van der Waals surface area contributed by atoms with Gasteiger partial charge in [0.25, 0.3) is 0 Å². The van der Waals surface area contributed by atoms with Crippen molar-refractivity contribution >= 4 is 0 Å². The maximum absolute atomic E-state index is 5.52. The van der Waals surface area contributed by atoms with Crippen LogP contribution in [0.25, 0.3) is 0 Å². The molecule has 1 aromatic heterocycles. The van der Waals surface area contributed by atoms with Gasteiger partial charge in [-0.1, -0.05) is 6.92 Å². The van der Waals surface area contributed by atoms with Crippen LogP contribution >= 0.6 is 0 Å². The van der Waals surface area contributed by atoms with Crippen molar-refractivity contribution in [3.8, 4) is 0 Å². The number of hydrogen-bond donors (Lipinski definition) is 1. The Hall–Kier alpha value is -0.870. The lowest BCUT2D eigenvalue weighted by Gasteiger charge is -2.29. The molecule has 104 valence electrons. The number of ether oxygens (including phenoxy) is 1. The first-order valence-electron chi connectivity index (χ1n) is 6.81. The van der Waals surface area contributed by atoms with Crippen molar-refractivity contribution in [3.63, 3.8) is 0 Å². The smallest absolute Gasteiger partial charge is 0.110 e. The Labute approximate surface area is 111 Å². The highest BCUT2D eigenvalue weighted by Crippen LogP contribution is 2.18. The lowest BCUT2D eigenvalue weighted by Crippen LogP contribution is -2.39. The summed E-state index contributed by atoms with van der Waals surface area (Å²) >= 11 is 0. The van der Waals surface area contributed by atoms with Crippen molar-refractivity contribution in [2.45, 2.75) is 58.7 Å². The quantitative estimate of drug-likeness (QED) is 0.772. The van der Waals surface area contributed by atoms with Gasteiger partial charge in [0.05, 0.1) is 5.60 Å². The third-order valence-electron chi connectivity index (χ3n) is 3.35. The van der Waals surface area contributed by atoms with E-state index < -0.39 is 0 Å². The summed E-state index contributed by atoms with van der Waals surface area (Å²) in [6.07, 6.45) is 5.85. The first-order chi connectivity index (χ1) is 8.52. The average molecular weight is 253 g/mol. The fourth-order valence-electron chi connectivity index (χ4n) is 2.22. The zero-order valence-electron chi connectivity index (χ0n) is 12.4. The van der Waals surface area contributed by atoms with Gasteiger partial charge in [-0.3, -0.25) is 0 Å². The number of aromatic nitrogens is 2. The topological polar surface area (TPSA) is 39.1 Å². The summed E-state index contributed by atoms with van der Waals surface area (Å²) in [4.78, 5) is 4.45. The van der Waals surface area contributed by atoms with E-state index in [9.17, 15) is 0 Å². The summed E-state index contributed by atoms with van der Waals surface area (Å²) in [6.45, 7) is 10.5. The second kappa shape index (κ2) is 6.90. The minimum atomic E-state index is -0.101. The van der Waals surface area contributed by atoms with Crippen LogP contribution < -0.4 is 5.32 Å². The van der Waals surface area contributed by atoms with Crippen molar-refractivity contribution in [2.75, 3.05) is 13.7 Å². The maximum atomic E-state index is 5.52. The summed E-state index contributed by atoms with van der Waals surface area (Å²) in [7, 11) is 1.77. The lowest BCUT2D eigenvalue weighted by atomic mass is 9.96. The molecule has 0 saturated heterocycles. The molecule has 0 bridgehead atoms. The largest absolute Gasteiger partial charge is 0.379 e. The monoisotopic (exact) mass is 253 g/mol. The summed E-state index contributed by atoms with van der Waals surface area (Å²) in [6, 6.07) is 0.401. The molecule has 1 N–H and O–H groups in total. The predicted octanol–water partition coefficient (Wildman–Crippen LogP) is 2.24. The van der Waals surface area contributed by atoms with Gasteiger partial charge in [-0.15, -0.1) is 0 Å². The average Bonchev–Trinajstić information content (AvgIpc) is 2.76. The molecule has 0 aliphatic heterocycles. The molecule has 0 aromatic carbocycles. The van der Waals surface area contributed by atoms with Gasteiger partial charge in [-0.25, -0.2) is 4.98 Å². The van der Waals surface area contributed by atoms with Crippen molar-refractivity contribution in [1.29, 1.82) is 0 Å². The van der Waals surface area contributed by atoms with Crippen LogP contribution in [0.5, 0.6) is 0 Å². The second-order valence-electron chi connectivity index (χ2n) is 5.26. The van der Waals surface area contributed by atoms with Crippen LogP contribution in [0.15, 0.2) is 12.4 Å². The molecule has 1 heterocycles. The normalized spacial score (nSPS) is 13.8. The molecule has 4 heteroatoms. The Morgan fingerprint density at radius 2 is 2.17 bits per heavy atom. The Kier molecular flexibility index (Phi) is 5.82. The van der Waals surface area contributed by atoms with Crippen LogP contribution in [-0.4, -0.2) is 34.8 Å². The molecule has 0 saturated carbocycles. The van der Waals surface area contributed by atoms with Crippen LogP contribution in [0.3, 0.4) is 0 Å². The SMILES string of the molecule is CCNC(Cc1nccn1CC)CC(C)(C)OC. The zero-order chi connectivity index (χ0) is 13.6. The molecular formula is C14H27N3O. The summed E-state index contributed by atoms with van der Waals surface area (Å²) in [5.41, 5.74) is -0.101. The number of aryl methyl sites for hydroxylation is 1. The maximum Gasteiger partial charge on any atom is 0.110 e. The van der Waals surface area contributed by atoms with Gasteiger partial charge in [0.15, 0.2) is 0 Å². The molecule has 1 atom stereocenters. The van der Waals surface area contributed by atoms with E-state index in [4.69, 9.17) is 4.74 Å². The van der Waals surface area contributed by atoms with E-state index in [0.29, 0.717) is 6.04 Å². The molecular weight excluding hydrogens is 226 g/mol. The van der Waals surface area contributed by atoms with Gasteiger partial charge in [0, 0.05) is 38.5 Å². The molecule has 0 radical (unpaired) electrons. The summed E-state index contributed by atoms with van der Waals surface area (Å²) in [5.74, 6) is 1.15. The molecule has 18 heavy (non-hydrogen) atoms. The molecule has 0 aliphatic rings. The number of likely N-dealkylation sites (N-methyl/N-ethyl adjacent to an activating group) is 1. The standard InChI is InChI=1S/C14H27N3O/c1-6-15-12(11-14(3,4)18-5)10-13-16-8-9-17(13)7-2/h8-9,12,15H,6-7,10-11H2,1-5H3. The Morgan fingerprint density at radius 3 is 2.72 bits per heavy atom. The molecule has 1 aromatic rings. The minimum absolute atomic E-state index is 0.101. The van der Waals surface area contributed by atoms with Gasteiger partial charge in [0.2, 0.25) is 0 Å². The fraction of sp³-hybridized carbons (Fsp3) is 0.786. The third kappa shape index (κ3) is 4.42. The molecule has 0 aliphatic carbocycles. The van der Waals surface area contributed by atoms with Crippen molar-refractivity contribution in [3.05, 3.63) is 18.2 Å². The Bertz CT molecular complexity index is 347. The van der Waals surface area contributed by atoms with E-state index in [1.165, 1.54) is 0 Å². The van der Waals surface area contributed by atoms with Gasteiger partial charge >= 0.3 is 0 Å². The Balaban J connectivity index is 2.68. The highest BCUT2D eigenvalue weighted by molar-refractivity contribution is 4.96. The van der Waals surface area contributed by atoms with E-state index in [2.05, 4.69) is 42.6 Å². The van der Waals surface area contributed by atoms with Crippen molar-refractivity contribution in [1.82, 2.24) is 14.9 Å². The van der Waals surface area contributed by atoms with Crippen molar-refractivity contribution < 1.29 is 4.74 Å². The number of imidazole rings is 1. The fourth-order valence-corrected chi connectivity index (χ4v) is 2.22. The first kappa shape index (κ1) is 15.2. The lowest BCUT2D eigenvalue weighted by molar-refractivity contribution is 0.00706. The summed E-state index contributed by atoms with van der Waals surface area (Å²) in [5, 5.41) is 3.53. The van der Waals surface area contributed by atoms with Gasteiger partial charge in [-0.2, -0.15) is 0 Å². The third-order valence-corrected chi connectivity index (χ3v) is 3.35. The highest BCUT2D eigenvalue weighted by Gasteiger charge is 2.23. The molecule has 1 rings (SSSR count). The Morgan fingerprint density at radius 1 is 1.44 bits per heavy atom. The van der Waals surface area contributed by atoms with Crippen LogP contribution in [-0.2, 0) is 17.7 Å². The van der Waals surface area contributed by atoms with E-state index in [-0.39, 0.29) is 5.60 Å². The predicted molar refractivity (Wildman–Crippen MR) is 74.8 cm³/mol. The first-order valence-corrected chi connectivity index (χ1v) is 6.81. The van der Waals surface area contributed by atoms with Crippen LogP contribution in [0.1, 0.15) is 39.9 Å². The number of nitrogens with zero attached hydrogens (tertiary/aromatic N) is 2. The van der Waals surface area contributed by atoms with Crippen molar-refractivity contribution in [2.24, 2.45) is 0 Å².